The maximum absolute atomic E-state index is 11.1. The van der Waals surface area contributed by atoms with Gasteiger partial charge in [0.25, 0.3) is 0 Å². The van der Waals surface area contributed by atoms with Crippen molar-refractivity contribution in [3.63, 3.8) is 0 Å². The minimum Gasteiger partial charge on any atom is -0.425 e. The Bertz CT molecular complexity index is 874. The summed E-state index contributed by atoms with van der Waals surface area (Å²) in [5, 5.41) is 4.14. The second kappa shape index (κ2) is 7.14. The normalized spacial score (nSPS) is 10.9. The summed E-state index contributed by atoms with van der Waals surface area (Å²) in [6, 6.07) is 11.7. The second-order valence-corrected chi connectivity index (χ2v) is 7.68. The fourth-order valence-corrected chi connectivity index (χ4v) is 4.58. The van der Waals surface area contributed by atoms with Crippen molar-refractivity contribution in [1.82, 2.24) is 0 Å². The number of carbonyl (C=O) groups is 1. The number of rotatable bonds is 4. The Hall–Kier alpha value is -1.20. The van der Waals surface area contributed by atoms with Crippen LogP contribution in [0.5, 0.6) is 5.75 Å². The molecule has 2 nitrogen and oxygen atoms in total. The molecule has 1 heterocycles. The summed E-state index contributed by atoms with van der Waals surface area (Å²) >= 11 is 15.4. The van der Waals surface area contributed by atoms with Crippen LogP contribution in [0.25, 0.3) is 10.1 Å². The summed E-state index contributed by atoms with van der Waals surface area (Å²) in [5.41, 5.74) is 1.05. The largest absolute Gasteiger partial charge is 0.425 e. The molecule has 3 rings (SSSR count). The average Bonchev–Trinajstić information content (AvgIpc) is 2.88. The van der Waals surface area contributed by atoms with E-state index in [0.717, 1.165) is 26.3 Å². The quantitative estimate of drug-likeness (QED) is 0.384. The molecule has 0 saturated heterocycles. The minimum absolute atomic E-state index is 0.305. The van der Waals surface area contributed by atoms with Gasteiger partial charge in [0.2, 0.25) is 0 Å². The first-order valence-corrected chi connectivity index (χ1v) is 9.41. The Morgan fingerprint density at radius 2 is 2.04 bits per heavy atom. The SMILES string of the molecule is CC(=O)Oc1csc2cc(SCc3ccc(Cl)cc3Cl)ccc12. The van der Waals surface area contributed by atoms with Gasteiger partial charge in [-0.3, -0.25) is 4.79 Å². The number of thioether (sulfide) groups is 1. The number of esters is 1. The Labute approximate surface area is 152 Å². The molecule has 0 atom stereocenters. The Kier molecular flexibility index (Phi) is 5.17. The summed E-state index contributed by atoms with van der Waals surface area (Å²) in [6.07, 6.45) is 0. The summed E-state index contributed by atoms with van der Waals surface area (Å²) < 4.78 is 6.29. The molecule has 0 aliphatic heterocycles. The molecule has 0 N–H and O–H groups in total. The number of benzene rings is 2. The lowest BCUT2D eigenvalue weighted by atomic mass is 10.2. The predicted molar refractivity (Wildman–Crippen MR) is 99.2 cm³/mol. The van der Waals surface area contributed by atoms with Crippen LogP contribution < -0.4 is 4.74 Å². The topological polar surface area (TPSA) is 26.3 Å². The molecule has 1 aromatic heterocycles. The van der Waals surface area contributed by atoms with Gasteiger partial charge in [-0.25, -0.2) is 0 Å². The molecule has 0 bridgehead atoms. The Morgan fingerprint density at radius 3 is 2.78 bits per heavy atom. The van der Waals surface area contributed by atoms with Crippen LogP contribution in [-0.2, 0) is 10.5 Å². The molecule has 0 radical (unpaired) electrons. The molecular formula is C17H12Cl2O2S2. The van der Waals surface area contributed by atoms with Crippen LogP contribution >= 0.6 is 46.3 Å². The van der Waals surface area contributed by atoms with Gasteiger partial charge in [-0.2, -0.15) is 0 Å². The van der Waals surface area contributed by atoms with Crippen molar-refractivity contribution in [1.29, 1.82) is 0 Å². The third-order valence-electron chi connectivity index (χ3n) is 3.17. The van der Waals surface area contributed by atoms with E-state index in [9.17, 15) is 4.79 Å². The lowest BCUT2D eigenvalue weighted by Gasteiger charge is -2.05. The molecule has 0 saturated carbocycles. The molecule has 118 valence electrons. The molecular weight excluding hydrogens is 371 g/mol. The van der Waals surface area contributed by atoms with E-state index >= 15 is 0 Å². The summed E-state index contributed by atoms with van der Waals surface area (Å²) in [6.45, 7) is 1.41. The van der Waals surface area contributed by atoms with Crippen molar-refractivity contribution in [3.8, 4) is 5.75 Å². The highest BCUT2D eigenvalue weighted by atomic mass is 35.5. The molecule has 0 amide bonds. The molecule has 0 unspecified atom stereocenters. The van der Waals surface area contributed by atoms with Crippen LogP contribution in [0.3, 0.4) is 0 Å². The first kappa shape index (κ1) is 16.7. The highest BCUT2D eigenvalue weighted by Gasteiger charge is 2.09. The van der Waals surface area contributed by atoms with Crippen LogP contribution in [-0.4, -0.2) is 5.97 Å². The molecule has 0 aliphatic rings. The molecule has 3 aromatic rings. The first-order valence-electron chi connectivity index (χ1n) is 6.79. The lowest BCUT2D eigenvalue weighted by molar-refractivity contribution is -0.131. The van der Waals surface area contributed by atoms with Crippen molar-refractivity contribution in [2.45, 2.75) is 17.6 Å². The number of hydrogen-bond donors (Lipinski definition) is 0. The van der Waals surface area contributed by atoms with E-state index in [1.807, 2.05) is 29.6 Å². The smallest absolute Gasteiger partial charge is 0.308 e. The third-order valence-corrected chi connectivity index (χ3v) is 5.73. The standard InChI is InChI=1S/C17H12Cl2O2S2/c1-10(20)21-16-9-23-17-7-13(4-5-14(16)17)22-8-11-2-3-12(18)6-15(11)19/h2-7,9H,8H2,1H3. The fraction of sp³-hybridized carbons (Fsp3) is 0.118. The molecule has 0 spiro atoms. The zero-order valence-corrected chi connectivity index (χ0v) is 15.3. The lowest BCUT2D eigenvalue weighted by Crippen LogP contribution is -2.00. The maximum atomic E-state index is 11.1. The van der Waals surface area contributed by atoms with Crippen LogP contribution in [0.2, 0.25) is 10.0 Å². The van der Waals surface area contributed by atoms with E-state index in [1.165, 1.54) is 6.92 Å². The van der Waals surface area contributed by atoms with Gasteiger partial charge in [-0.05, 0) is 35.9 Å². The van der Waals surface area contributed by atoms with Gasteiger partial charge in [-0.15, -0.1) is 23.1 Å². The molecule has 0 fully saturated rings. The monoisotopic (exact) mass is 382 g/mol. The average molecular weight is 383 g/mol. The van der Waals surface area contributed by atoms with Gasteiger partial charge in [0, 0.05) is 43.1 Å². The van der Waals surface area contributed by atoms with Gasteiger partial charge in [0.15, 0.2) is 0 Å². The molecule has 23 heavy (non-hydrogen) atoms. The van der Waals surface area contributed by atoms with E-state index in [1.54, 1.807) is 29.2 Å². The third kappa shape index (κ3) is 4.01. The number of halogens is 2. The summed E-state index contributed by atoms with van der Waals surface area (Å²) in [4.78, 5) is 12.2. The predicted octanol–water partition coefficient (Wildman–Crippen LogP) is 6.43. The first-order chi connectivity index (χ1) is 11.0. The highest BCUT2D eigenvalue weighted by Crippen LogP contribution is 2.36. The molecule has 2 aromatic carbocycles. The molecule has 6 heteroatoms. The minimum atomic E-state index is -0.305. The van der Waals surface area contributed by atoms with E-state index in [0.29, 0.717) is 15.8 Å². The zero-order valence-electron chi connectivity index (χ0n) is 12.1. The Balaban J connectivity index is 1.77. The van der Waals surface area contributed by atoms with Crippen LogP contribution in [0.1, 0.15) is 12.5 Å². The van der Waals surface area contributed by atoms with Gasteiger partial charge < -0.3 is 4.74 Å². The number of hydrogen-bond acceptors (Lipinski definition) is 4. The number of carbonyl (C=O) groups excluding carboxylic acids is 1. The van der Waals surface area contributed by atoms with E-state index < -0.39 is 0 Å². The summed E-state index contributed by atoms with van der Waals surface area (Å²) in [7, 11) is 0. The maximum Gasteiger partial charge on any atom is 0.308 e. The van der Waals surface area contributed by atoms with E-state index in [-0.39, 0.29) is 5.97 Å². The van der Waals surface area contributed by atoms with Crippen LogP contribution in [0, 0.1) is 0 Å². The van der Waals surface area contributed by atoms with Crippen molar-refractivity contribution in [3.05, 3.63) is 57.4 Å². The second-order valence-electron chi connectivity index (χ2n) is 4.88. The van der Waals surface area contributed by atoms with Gasteiger partial charge in [0.1, 0.15) is 5.75 Å². The Morgan fingerprint density at radius 1 is 1.22 bits per heavy atom. The zero-order chi connectivity index (χ0) is 16.4. The number of fused-ring (bicyclic) bond motifs is 1. The van der Waals surface area contributed by atoms with Crippen molar-refractivity contribution >= 4 is 62.4 Å². The van der Waals surface area contributed by atoms with E-state index in [2.05, 4.69) is 6.07 Å². The van der Waals surface area contributed by atoms with Crippen molar-refractivity contribution < 1.29 is 9.53 Å². The van der Waals surface area contributed by atoms with Gasteiger partial charge in [0.05, 0.1) is 0 Å². The van der Waals surface area contributed by atoms with Crippen molar-refractivity contribution in [2.75, 3.05) is 0 Å². The van der Waals surface area contributed by atoms with Crippen molar-refractivity contribution in [2.24, 2.45) is 0 Å². The molecule has 0 aliphatic carbocycles. The van der Waals surface area contributed by atoms with E-state index in [4.69, 9.17) is 27.9 Å². The number of thiophene rings is 1. The van der Waals surface area contributed by atoms with Crippen LogP contribution in [0.4, 0.5) is 0 Å². The van der Waals surface area contributed by atoms with Gasteiger partial charge in [-0.1, -0.05) is 29.3 Å². The van der Waals surface area contributed by atoms with Gasteiger partial charge >= 0.3 is 5.97 Å². The summed E-state index contributed by atoms with van der Waals surface area (Å²) in [5.74, 6) is 1.08. The highest BCUT2D eigenvalue weighted by molar-refractivity contribution is 7.98. The fourth-order valence-electron chi connectivity index (χ4n) is 2.11. The number of ether oxygens (including phenoxy) is 1. The van der Waals surface area contributed by atoms with Crippen LogP contribution in [0.15, 0.2) is 46.7 Å².